The van der Waals surface area contributed by atoms with E-state index in [0.29, 0.717) is 0 Å². The molecule has 1 amide bonds. The number of carbonyl (C=O) groups is 1. The fourth-order valence-electron chi connectivity index (χ4n) is 3.08. The molecule has 2 fully saturated rings. The Morgan fingerprint density at radius 1 is 1.50 bits per heavy atom. The third-order valence-corrected chi connectivity index (χ3v) is 4.37. The molecule has 4 heteroatoms. The lowest BCUT2D eigenvalue weighted by Crippen LogP contribution is -2.51. The summed E-state index contributed by atoms with van der Waals surface area (Å²) in [7, 11) is 0. The first-order valence-electron chi connectivity index (χ1n) is 6.27. The monoisotopic (exact) mass is 226 g/mol. The van der Waals surface area contributed by atoms with Crippen molar-refractivity contribution in [2.75, 3.05) is 13.2 Å². The molecule has 0 bridgehead atoms. The van der Waals surface area contributed by atoms with Gasteiger partial charge >= 0.3 is 0 Å². The molecule has 2 aliphatic rings. The maximum absolute atomic E-state index is 12.5. The standard InChI is InChI=1S/C12H22N2O2/c1-12(6-2-5-10(12)13)11(16)14-7-3-4-9(14)8-15/h9-10,15H,2-8,13H2,1H3/t9-,10?,12?/m1/s1. The number of aliphatic hydroxyl groups excluding tert-OH is 1. The van der Waals surface area contributed by atoms with Gasteiger partial charge in [-0.3, -0.25) is 4.79 Å². The average molecular weight is 226 g/mol. The van der Waals surface area contributed by atoms with Gasteiger partial charge < -0.3 is 15.7 Å². The Hall–Kier alpha value is -0.610. The van der Waals surface area contributed by atoms with E-state index < -0.39 is 5.41 Å². The van der Waals surface area contributed by atoms with Gasteiger partial charge in [0.15, 0.2) is 0 Å². The predicted molar refractivity (Wildman–Crippen MR) is 61.8 cm³/mol. The lowest BCUT2D eigenvalue weighted by molar-refractivity contribution is -0.143. The third-order valence-electron chi connectivity index (χ3n) is 4.37. The van der Waals surface area contributed by atoms with Gasteiger partial charge in [0.05, 0.1) is 18.1 Å². The Labute approximate surface area is 96.8 Å². The van der Waals surface area contributed by atoms with Crippen molar-refractivity contribution in [3.63, 3.8) is 0 Å². The van der Waals surface area contributed by atoms with Crippen LogP contribution in [0.4, 0.5) is 0 Å². The van der Waals surface area contributed by atoms with E-state index in [1.165, 1.54) is 0 Å². The van der Waals surface area contributed by atoms with E-state index in [1.807, 2.05) is 11.8 Å². The van der Waals surface area contributed by atoms with Gasteiger partial charge in [0.1, 0.15) is 0 Å². The summed E-state index contributed by atoms with van der Waals surface area (Å²) in [5, 5.41) is 9.25. The quantitative estimate of drug-likeness (QED) is 0.720. The molecule has 16 heavy (non-hydrogen) atoms. The van der Waals surface area contributed by atoms with Crippen molar-refractivity contribution in [1.82, 2.24) is 4.90 Å². The molecule has 92 valence electrons. The fraction of sp³-hybridized carbons (Fsp3) is 0.917. The lowest BCUT2D eigenvalue weighted by atomic mass is 9.83. The highest BCUT2D eigenvalue weighted by molar-refractivity contribution is 5.84. The molecule has 1 saturated heterocycles. The highest BCUT2D eigenvalue weighted by Gasteiger charge is 2.47. The van der Waals surface area contributed by atoms with Gasteiger partial charge in [0, 0.05) is 12.6 Å². The molecule has 0 radical (unpaired) electrons. The van der Waals surface area contributed by atoms with Crippen molar-refractivity contribution < 1.29 is 9.90 Å². The minimum atomic E-state index is -0.391. The molecule has 3 atom stereocenters. The van der Waals surface area contributed by atoms with Gasteiger partial charge in [0.25, 0.3) is 0 Å². The maximum Gasteiger partial charge on any atom is 0.230 e. The van der Waals surface area contributed by atoms with E-state index in [4.69, 9.17) is 5.73 Å². The Bertz CT molecular complexity index is 282. The van der Waals surface area contributed by atoms with Crippen molar-refractivity contribution >= 4 is 5.91 Å². The largest absolute Gasteiger partial charge is 0.394 e. The molecule has 4 nitrogen and oxygen atoms in total. The SMILES string of the molecule is CC1(C(=O)N2CCC[C@@H]2CO)CCCC1N. The Morgan fingerprint density at radius 3 is 2.81 bits per heavy atom. The molecular weight excluding hydrogens is 204 g/mol. The fourth-order valence-corrected chi connectivity index (χ4v) is 3.08. The summed E-state index contributed by atoms with van der Waals surface area (Å²) in [5.74, 6) is 0.161. The molecule has 2 rings (SSSR count). The first-order valence-corrected chi connectivity index (χ1v) is 6.27. The Balaban J connectivity index is 2.12. The van der Waals surface area contributed by atoms with Crippen molar-refractivity contribution in [3.05, 3.63) is 0 Å². The van der Waals surface area contributed by atoms with Gasteiger partial charge in [-0.15, -0.1) is 0 Å². The van der Waals surface area contributed by atoms with E-state index in [1.54, 1.807) is 0 Å². The lowest BCUT2D eigenvalue weighted by Gasteiger charge is -2.35. The second kappa shape index (κ2) is 4.34. The van der Waals surface area contributed by atoms with E-state index in [-0.39, 0.29) is 24.6 Å². The van der Waals surface area contributed by atoms with Crippen LogP contribution in [-0.4, -0.2) is 41.1 Å². The number of aliphatic hydroxyl groups is 1. The highest BCUT2D eigenvalue weighted by Crippen LogP contribution is 2.39. The van der Waals surface area contributed by atoms with Crippen LogP contribution in [-0.2, 0) is 4.79 Å². The number of hydrogen-bond acceptors (Lipinski definition) is 3. The number of amides is 1. The number of hydrogen-bond donors (Lipinski definition) is 2. The van der Waals surface area contributed by atoms with E-state index in [9.17, 15) is 9.90 Å². The van der Waals surface area contributed by atoms with Crippen LogP contribution in [0.1, 0.15) is 39.0 Å². The predicted octanol–water partition coefficient (Wildman–Crippen LogP) is 0.487. The first kappa shape index (κ1) is 11.9. The molecule has 0 aromatic carbocycles. The van der Waals surface area contributed by atoms with Crippen LogP contribution in [0.25, 0.3) is 0 Å². The summed E-state index contributed by atoms with van der Waals surface area (Å²) < 4.78 is 0. The molecular formula is C12H22N2O2. The molecule has 0 spiro atoms. The maximum atomic E-state index is 12.5. The normalized spacial score (nSPS) is 39.3. The highest BCUT2D eigenvalue weighted by atomic mass is 16.3. The average Bonchev–Trinajstić information content (AvgIpc) is 2.86. The smallest absolute Gasteiger partial charge is 0.230 e. The first-order chi connectivity index (χ1) is 7.59. The molecule has 1 saturated carbocycles. The van der Waals surface area contributed by atoms with Gasteiger partial charge in [-0.05, 0) is 32.6 Å². The van der Waals surface area contributed by atoms with Crippen molar-refractivity contribution in [2.45, 2.75) is 51.1 Å². The van der Waals surface area contributed by atoms with Crippen LogP contribution >= 0.6 is 0 Å². The van der Waals surface area contributed by atoms with Crippen molar-refractivity contribution in [1.29, 1.82) is 0 Å². The van der Waals surface area contributed by atoms with Crippen LogP contribution in [0.2, 0.25) is 0 Å². The van der Waals surface area contributed by atoms with Gasteiger partial charge in [-0.1, -0.05) is 6.42 Å². The summed E-state index contributed by atoms with van der Waals surface area (Å²) in [6.45, 7) is 2.85. The second-order valence-corrected chi connectivity index (χ2v) is 5.39. The van der Waals surface area contributed by atoms with Gasteiger partial charge in [-0.2, -0.15) is 0 Å². The third kappa shape index (κ3) is 1.74. The van der Waals surface area contributed by atoms with Crippen LogP contribution in [0.15, 0.2) is 0 Å². The van der Waals surface area contributed by atoms with Crippen molar-refractivity contribution in [2.24, 2.45) is 11.1 Å². The number of carbonyl (C=O) groups excluding carboxylic acids is 1. The van der Waals surface area contributed by atoms with Crippen LogP contribution in [0, 0.1) is 5.41 Å². The number of nitrogens with two attached hydrogens (primary N) is 1. The second-order valence-electron chi connectivity index (χ2n) is 5.39. The molecule has 1 aliphatic heterocycles. The minimum absolute atomic E-state index is 0.0139. The zero-order valence-corrected chi connectivity index (χ0v) is 9.98. The van der Waals surface area contributed by atoms with Crippen LogP contribution < -0.4 is 5.73 Å². The summed E-state index contributed by atoms with van der Waals surface area (Å²) in [4.78, 5) is 14.3. The zero-order chi connectivity index (χ0) is 11.8. The summed E-state index contributed by atoms with van der Waals surface area (Å²) in [5.41, 5.74) is 5.67. The van der Waals surface area contributed by atoms with E-state index in [0.717, 1.165) is 38.6 Å². The summed E-state index contributed by atoms with van der Waals surface area (Å²) in [6.07, 6.45) is 4.80. The Morgan fingerprint density at radius 2 is 2.25 bits per heavy atom. The number of likely N-dealkylation sites (tertiary alicyclic amines) is 1. The molecule has 0 aromatic heterocycles. The van der Waals surface area contributed by atoms with Gasteiger partial charge in [0.2, 0.25) is 5.91 Å². The molecule has 3 N–H and O–H groups in total. The van der Waals surface area contributed by atoms with Crippen molar-refractivity contribution in [3.8, 4) is 0 Å². The number of nitrogens with zero attached hydrogens (tertiary/aromatic N) is 1. The van der Waals surface area contributed by atoms with Gasteiger partial charge in [-0.25, -0.2) is 0 Å². The molecule has 1 heterocycles. The minimum Gasteiger partial charge on any atom is -0.394 e. The van der Waals surface area contributed by atoms with Crippen LogP contribution in [0.5, 0.6) is 0 Å². The molecule has 2 unspecified atom stereocenters. The molecule has 0 aromatic rings. The molecule has 1 aliphatic carbocycles. The Kier molecular flexibility index (Phi) is 3.22. The summed E-state index contributed by atoms with van der Waals surface area (Å²) in [6, 6.07) is 0.0112. The van der Waals surface area contributed by atoms with E-state index >= 15 is 0 Å². The van der Waals surface area contributed by atoms with E-state index in [2.05, 4.69) is 0 Å². The number of rotatable bonds is 2. The zero-order valence-electron chi connectivity index (χ0n) is 9.98. The summed E-state index contributed by atoms with van der Waals surface area (Å²) >= 11 is 0. The topological polar surface area (TPSA) is 66.6 Å². The van der Waals surface area contributed by atoms with Crippen LogP contribution in [0.3, 0.4) is 0 Å².